The summed E-state index contributed by atoms with van der Waals surface area (Å²) in [6, 6.07) is 8.88. The van der Waals surface area contributed by atoms with Crippen molar-refractivity contribution in [3.63, 3.8) is 0 Å². The number of fused-ring (bicyclic) bond motifs is 1. The smallest absolute Gasteiger partial charge is 0.320 e. The fourth-order valence-electron chi connectivity index (χ4n) is 1.82. The Morgan fingerprint density at radius 3 is 2.33 bits per heavy atom. The van der Waals surface area contributed by atoms with Crippen molar-refractivity contribution in [1.82, 2.24) is 10.2 Å². The molecule has 0 aliphatic carbocycles. The second kappa shape index (κ2) is 2.98. The Morgan fingerprint density at radius 2 is 1.80 bits per heavy atom. The number of aromatic nitrogens is 2. The van der Waals surface area contributed by atoms with Crippen molar-refractivity contribution in [2.45, 2.75) is 13.1 Å². The molecular weight excluding hydrogens is 192 g/mol. The third-order valence-electron chi connectivity index (χ3n) is 2.54. The first-order valence-corrected chi connectivity index (χ1v) is 4.73. The summed E-state index contributed by atoms with van der Waals surface area (Å²) in [5, 5.41) is 7.51. The van der Waals surface area contributed by atoms with Gasteiger partial charge in [-0.25, -0.2) is 0 Å². The van der Waals surface area contributed by atoms with Gasteiger partial charge < -0.3 is 15.1 Å². The molecule has 1 aromatic carbocycles. The molecule has 2 aromatic rings. The second-order valence-electron chi connectivity index (χ2n) is 3.55. The molecule has 5 heteroatoms. The number of hydrogen-bond donors (Lipinski definition) is 1. The number of benzene rings is 1. The lowest BCUT2D eigenvalue weighted by molar-refractivity contribution is 0.552. The third kappa shape index (κ3) is 1.32. The zero-order valence-corrected chi connectivity index (χ0v) is 8.05. The number of hydrogen-bond acceptors (Lipinski definition) is 5. The quantitative estimate of drug-likeness (QED) is 0.751. The van der Waals surface area contributed by atoms with Gasteiger partial charge in [-0.2, -0.15) is 0 Å². The molecule has 1 aliphatic rings. The van der Waals surface area contributed by atoms with Crippen molar-refractivity contribution in [1.29, 1.82) is 0 Å². The summed E-state index contributed by atoms with van der Waals surface area (Å²) < 4.78 is 5.18. The second-order valence-corrected chi connectivity index (χ2v) is 3.55. The fraction of sp³-hybridized carbons (Fsp3) is 0.200. The average molecular weight is 202 g/mol. The van der Waals surface area contributed by atoms with Gasteiger partial charge in [-0.15, -0.1) is 0 Å². The molecule has 0 radical (unpaired) electrons. The van der Waals surface area contributed by atoms with Crippen LogP contribution in [0.25, 0.3) is 0 Å². The summed E-state index contributed by atoms with van der Waals surface area (Å²) in [4.78, 5) is 2.01. The van der Waals surface area contributed by atoms with Crippen LogP contribution in [-0.2, 0) is 13.1 Å². The molecule has 0 saturated carbocycles. The van der Waals surface area contributed by atoms with E-state index in [1.807, 2.05) is 17.0 Å². The maximum Gasteiger partial charge on any atom is 0.320 e. The van der Waals surface area contributed by atoms with E-state index >= 15 is 0 Å². The van der Waals surface area contributed by atoms with E-state index in [4.69, 9.17) is 10.2 Å². The molecule has 0 amide bonds. The molecule has 0 spiro atoms. The normalized spacial score (nSPS) is 14.3. The molecule has 5 nitrogen and oxygen atoms in total. The highest BCUT2D eigenvalue weighted by atomic mass is 16.4. The SMILES string of the molecule is Nc1nnc(N2Cc3ccccc3C2)o1. The number of rotatable bonds is 1. The molecule has 2 N–H and O–H groups in total. The summed E-state index contributed by atoms with van der Waals surface area (Å²) in [6.07, 6.45) is 0. The summed E-state index contributed by atoms with van der Waals surface area (Å²) in [6.45, 7) is 1.61. The molecule has 1 aromatic heterocycles. The van der Waals surface area contributed by atoms with Crippen molar-refractivity contribution in [3.8, 4) is 0 Å². The lowest BCUT2D eigenvalue weighted by atomic mass is 10.1. The molecule has 0 atom stereocenters. The molecule has 0 bridgehead atoms. The van der Waals surface area contributed by atoms with Gasteiger partial charge in [-0.1, -0.05) is 34.5 Å². The maximum atomic E-state index is 5.38. The van der Waals surface area contributed by atoms with E-state index < -0.39 is 0 Å². The van der Waals surface area contributed by atoms with Crippen LogP contribution < -0.4 is 10.6 Å². The predicted octanol–water partition coefficient (Wildman–Crippen LogP) is 1.17. The van der Waals surface area contributed by atoms with Gasteiger partial charge in [0.15, 0.2) is 0 Å². The zero-order chi connectivity index (χ0) is 10.3. The standard InChI is InChI=1S/C10H10N4O/c11-9-12-13-10(15-9)14-5-7-3-1-2-4-8(7)6-14/h1-4H,5-6H2,(H2,11,12). The molecule has 3 rings (SSSR count). The minimum atomic E-state index is 0.112. The van der Waals surface area contributed by atoms with E-state index in [0.717, 1.165) is 13.1 Å². The van der Waals surface area contributed by atoms with E-state index in [9.17, 15) is 0 Å². The molecule has 0 unspecified atom stereocenters. The van der Waals surface area contributed by atoms with Gasteiger partial charge in [0.05, 0.1) is 0 Å². The first kappa shape index (κ1) is 8.28. The van der Waals surface area contributed by atoms with Gasteiger partial charge in [0.2, 0.25) is 0 Å². The Balaban J connectivity index is 1.90. The molecule has 76 valence electrons. The highest BCUT2D eigenvalue weighted by molar-refractivity contribution is 5.42. The van der Waals surface area contributed by atoms with Gasteiger partial charge in [0, 0.05) is 13.1 Å². The number of nitrogens with zero attached hydrogens (tertiary/aromatic N) is 3. The van der Waals surface area contributed by atoms with Gasteiger partial charge in [0.1, 0.15) is 0 Å². The minimum absolute atomic E-state index is 0.112. The van der Waals surface area contributed by atoms with E-state index in [1.165, 1.54) is 11.1 Å². The molecule has 0 fully saturated rings. The van der Waals surface area contributed by atoms with Crippen LogP contribution in [-0.4, -0.2) is 10.2 Å². The van der Waals surface area contributed by atoms with Crippen LogP contribution in [0.15, 0.2) is 28.7 Å². The number of nitrogens with two attached hydrogens (primary N) is 1. The van der Waals surface area contributed by atoms with E-state index in [-0.39, 0.29) is 6.01 Å². The Morgan fingerprint density at radius 1 is 1.13 bits per heavy atom. The first-order valence-electron chi connectivity index (χ1n) is 4.73. The lowest BCUT2D eigenvalue weighted by Crippen LogP contribution is -2.14. The predicted molar refractivity (Wildman–Crippen MR) is 55.0 cm³/mol. The highest BCUT2D eigenvalue weighted by Gasteiger charge is 2.22. The highest BCUT2D eigenvalue weighted by Crippen LogP contribution is 2.27. The summed E-state index contributed by atoms with van der Waals surface area (Å²) in [5.41, 5.74) is 7.98. The van der Waals surface area contributed by atoms with Crippen molar-refractivity contribution in [2.24, 2.45) is 0 Å². The van der Waals surface area contributed by atoms with E-state index in [0.29, 0.717) is 6.01 Å². The minimum Gasteiger partial charge on any atom is -0.390 e. The number of anilines is 2. The van der Waals surface area contributed by atoms with Crippen molar-refractivity contribution < 1.29 is 4.42 Å². The summed E-state index contributed by atoms with van der Waals surface area (Å²) in [7, 11) is 0. The van der Waals surface area contributed by atoms with Crippen LogP contribution in [0.5, 0.6) is 0 Å². The van der Waals surface area contributed by atoms with Gasteiger partial charge in [0.25, 0.3) is 0 Å². The molecule has 1 aliphatic heterocycles. The van der Waals surface area contributed by atoms with Crippen LogP contribution >= 0.6 is 0 Å². The Hall–Kier alpha value is -2.04. The molecular formula is C10H10N4O. The third-order valence-corrected chi connectivity index (χ3v) is 2.54. The van der Waals surface area contributed by atoms with Crippen LogP contribution in [0, 0.1) is 0 Å². The van der Waals surface area contributed by atoms with Crippen LogP contribution in [0.4, 0.5) is 12.0 Å². The van der Waals surface area contributed by atoms with Gasteiger partial charge in [-0.05, 0) is 11.1 Å². The lowest BCUT2D eigenvalue weighted by Gasteiger charge is -2.09. The van der Waals surface area contributed by atoms with Gasteiger partial charge in [-0.3, -0.25) is 0 Å². The van der Waals surface area contributed by atoms with E-state index in [1.54, 1.807) is 0 Å². The molecule has 15 heavy (non-hydrogen) atoms. The average Bonchev–Trinajstić information content (AvgIpc) is 2.82. The largest absolute Gasteiger partial charge is 0.390 e. The Bertz CT molecular complexity index is 469. The van der Waals surface area contributed by atoms with Crippen molar-refractivity contribution in [3.05, 3.63) is 35.4 Å². The summed E-state index contributed by atoms with van der Waals surface area (Å²) >= 11 is 0. The van der Waals surface area contributed by atoms with Crippen LogP contribution in [0.2, 0.25) is 0 Å². The van der Waals surface area contributed by atoms with Crippen molar-refractivity contribution >= 4 is 12.0 Å². The van der Waals surface area contributed by atoms with Crippen LogP contribution in [0.1, 0.15) is 11.1 Å². The fourth-order valence-corrected chi connectivity index (χ4v) is 1.82. The monoisotopic (exact) mass is 202 g/mol. The first-order chi connectivity index (χ1) is 7.33. The van der Waals surface area contributed by atoms with E-state index in [2.05, 4.69) is 22.3 Å². The molecule has 0 saturated heterocycles. The maximum absolute atomic E-state index is 5.38. The Labute approximate surface area is 86.5 Å². The van der Waals surface area contributed by atoms with Crippen LogP contribution in [0.3, 0.4) is 0 Å². The van der Waals surface area contributed by atoms with Crippen molar-refractivity contribution in [2.75, 3.05) is 10.6 Å². The summed E-state index contributed by atoms with van der Waals surface area (Å²) in [5.74, 6) is 0. The number of nitrogen functional groups attached to an aromatic ring is 1. The van der Waals surface area contributed by atoms with Gasteiger partial charge >= 0.3 is 12.0 Å². The topological polar surface area (TPSA) is 68.2 Å². The Kier molecular flexibility index (Phi) is 1.65. The zero-order valence-electron chi connectivity index (χ0n) is 8.05. The molecule has 2 heterocycles.